The van der Waals surface area contributed by atoms with Crippen molar-refractivity contribution in [1.82, 2.24) is 15.2 Å². The number of aromatic nitrogens is 3. The minimum Gasteiger partial charge on any atom is -0.300 e. The standard InChI is InChI=1S/C13H16N4OS2/c1-8(2)12-16-17-13(20-12)15-11(18)9(3)19-10-6-4-5-7-14-10/h4-9H,1-3H3,(H,15,17,18)/t9-/m0/s1. The Bertz CT molecular complexity index is 571. The highest BCUT2D eigenvalue weighted by Crippen LogP contribution is 2.25. The van der Waals surface area contributed by atoms with Crippen molar-refractivity contribution in [1.29, 1.82) is 0 Å². The zero-order valence-electron chi connectivity index (χ0n) is 11.5. The fourth-order valence-electron chi connectivity index (χ4n) is 1.38. The number of carbonyl (C=O) groups excluding carboxylic acids is 1. The van der Waals surface area contributed by atoms with Gasteiger partial charge in [-0.15, -0.1) is 10.2 Å². The molecule has 0 unspecified atom stereocenters. The van der Waals surface area contributed by atoms with Gasteiger partial charge in [0.15, 0.2) is 0 Å². The maximum absolute atomic E-state index is 12.1. The van der Waals surface area contributed by atoms with Crippen molar-refractivity contribution in [3.8, 4) is 0 Å². The number of amides is 1. The average molecular weight is 308 g/mol. The SMILES string of the molecule is CC(C)c1nnc(NC(=O)[C@H](C)Sc2ccccn2)s1. The molecular formula is C13H16N4OS2. The van der Waals surface area contributed by atoms with Gasteiger partial charge in [0.2, 0.25) is 11.0 Å². The Morgan fingerprint density at radius 2 is 2.10 bits per heavy atom. The summed E-state index contributed by atoms with van der Waals surface area (Å²) in [5.74, 6) is 0.227. The van der Waals surface area contributed by atoms with E-state index in [-0.39, 0.29) is 11.2 Å². The number of hydrogen-bond acceptors (Lipinski definition) is 6. The van der Waals surface area contributed by atoms with Gasteiger partial charge in [0.05, 0.1) is 10.3 Å². The monoisotopic (exact) mass is 308 g/mol. The molecule has 7 heteroatoms. The molecule has 2 rings (SSSR count). The summed E-state index contributed by atoms with van der Waals surface area (Å²) in [6.45, 7) is 5.94. The normalized spacial score (nSPS) is 12.4. The molecule has 0 aliphatic carbocycles. The Labute approximate surface area is 126 Å². The van der Waals surface area contributed by atoms with E-state index in [1.165, 1.54) is 23.1 Å². The minimum atomic E-state index is -0.240. The van der Waals surface area contributed by atoms with E-state index in [4.69, 9.17) is 0 Å². The molecule has 0 fully saturated rings. The fraction of sp³-hybridized carbons (Fsp3) is 0.385. The van der Waals surface area contributed by atoms with E-state index in [0.717, 1.165) is 10.0 Å². The predicted molar refractivity (Wildman–Crippen MR) is 82.2 cm³/mol. The van der Waals surface area contributed by atoms with E-state index in [1.807, 2.05) is 39.0 Å². The van der Waals surface area contributed by atoms with Crippen molar-refractivity contribution in [3.63, 3.8) is 0 Å². The molecule has 1 atom stereocenters. The zero-order valence-corrected chi connectivity index (χ0v) is 13.2. The van der Waals surface area contributed by atoms with E-state index in [1.54, 1.807) is 6.20 Å². The lowest BCUT2D eigenvalue weighted by atomic mass is 10.2. The van der Waals surface area contributed by atoms with E-state index in [0.29, 0.717) is 11.0 Å². The third kappa shape index (κ3) is 4.01. The fourth-order valence-corrected chi connectivity index (χ4v) is 2.93. The van der Waals surface area contributed by atoms with Crippen LogP contribution in [0.5, 0.6) is 0 Å². The van der Waals surface area contributed by atoms with Gasteiger partial charge < -0.3 is 0 Å². The Balaban J connectivity index is 1.93. The lowest BCUT2D eigenvalue weighted by molar-refractivity contribution is -0.115. The second kappa shape index (κ2) is 6.81. The third-order valence-electron chi connectivity index (χ3n) is 2.47. The number of anilines is 1. The summed E-state index contributed by atoms with van der Waals surface area (Å²) in [4.78, 5) is 16.3. The highest BCUT2D eigenvalue weighted by Gasteiger charge is 2.17. The Morgan fingerprint density at radius 1 is 1.30 bits per heavy atom. The largest absolute Gasteiger partial charge is 0.300 e. The number of thioether (sulfide) groups is 1. The molecule has 0 aromatic carbocycles. The van der Waals surface area contributed by atoms with Crippen LogP contribution in [0.4, 0.5) is 5.13 Å². The Morgan fingerprint density at radius 3 is 2.70 bits per heavy atom. The first-order valence-corrected chi connectivity index (χ1v) is 7.98. The molecule has 1 amide bonds. The maximum Gasteiger partial charge on any atom is 0.239 e. The quantitative estimate of drug-likeness (QED) is 0.859. The molecule has 0 radical (unpaired) electrons. The average Bonchev–Trinajstić information content (AvgIpc) is 2.88. The third-order valence-corrected chi connectivity index (χ3v) is 4.66. The van der Waals surface area contributed by atoms with Crippen LogP contribution in [0.15, 0.2) is 29.4 Å². The molecule has 1 N–H and O–H groups in total. The molecule has 0 aliphatic heterocycles. The van der Waals surface area contributed by atoms with Crippen molar-refractivity contribution in [2.75, 3.05) is 5.32 Å². The Kier molecular flexibility index (Phi) is 5.08. The summed E-state index contributed by atoms with van der Waals surface area (Å²) in [7, 11) is 0. The molecule has 20 heavy (non-hydrogen) atoms. The van der Waals surface area contributed by atoms with Gasteiger partial charge >= 0.3 is 0 Å². The van der Waals surface area contributed by atoms with E-state index < -0.39 is 0 Å². The van der Waals surface area contributed by atoms with Crippen LogP contribution in [-0.2, 0) is 4.79 Å². The van der Waals surface area contributed by atoms with Crippen LogP contribution in [0, 0.1) is 0 Å². The second-order valence-corrected chi connectivity index (χ2v) is 6.89. The molecule has 2 heterocycles. The van der Waals surface area contributed by atoms with Gasteiger partial charge in [-0.1, -0.05) is 43.0 Å². The maximum atomic E-state index is 12.1. The highest BCUT2D eigenvalue weighted by atomic mass is 32.2. The second-order valence-electron chi connectivity index (χ2n) is 4.52. The molecule has 2 aromatic rings. The van der Waals surface area contributed by atoms with Crippen LogP contribution < -0.4 is 5.32 Å². The molecule has 2 aromatic heterocycles. The minimum absolute atomic E-state index is 0.0906. The summed E-state index contributed by atoms with van der Waals surface area (Å²) >= 11 is 2.83. The smallest absolute Gasteiger partial charge is 0.239 e. The first-order valence-electron chi connectivity index (χ1n) is 6.28. The van der Waals surface area contributed by atoms with E-state index in [2.05, 4.69) is 20.5 Å². The van der Waals surface area contributed by atoms with Gasteiger partial charge in [0.1, 0.15) is 5.01 Å². The van der Waals surface area contributed by atoms with E-state index >= 15 is 0 Å². The number of pyridine rings is 1. The van der Waals surface area contributed by atoms with Gasteiger partial charge in [-0.25, -0.2) is 4.98 Å². The number of nitrogens with zero attached hydrogens (tertiary/aromatic N) is 3. The first kappa shape index (κ1) is 14.9. The number of hydrogen-bond donors (Lipinski definition) is 1. The van der Waals surface area contributed by atoms with Gasteiger partial charge in [-0.2, -0.15) is 0 Å². The highest BCUT2D eigenvalue weighted by molar-refractivity contribution is 8.00. The Hall–Kier alpha value is -1.47. The molecule has 0 aliphatic rings. The van der Waals surface area contributed by atoms with Crippen LogP contribution in [0.25, 0.3) is 0 Å². The van der Waals surface area contributed by atoms with Crippen molar-refractivity contribution in [3.05, 3.63) is 29.4 Å². The lowest BCUT2D eigenvalue weighted by Gasteiger charge is -2.09. The molecular weight excluding hydrogens is 292 g/mol. The van der Waals surface area contributed by atoms with Crippen molar-refractivity contribution in [2.24, 2.45) is 0 Å². The number of nitrogens with one attached hydrogen (secondary N) is 1. The number of carbonyl (C=O) groups is 1. The van der Waals surface area contributed by atoms with Gasteiger partial charge in [0, 0.05) is 12.1 Å². The van der Waals surface area contributed by atoms with E-state index in [9.17, 15) is 4.79 Å². The molecule has 106 valence electrons. The molecule has 0 bridgehead atoms. The summed E-state index contributed by atoms with van der Waals surface area (Å²) in [5, 5.41) is 12.9. The van der Waals surface area contributed by atoms with Crippen LogP contribution >= 0.6 is 23.1 Å². The number of rotatable bonds is 5. The molecule has 5 nitrogen and oxygen atoms in total. The topological polar surface area (TPSA) is 67.8 Å². The van der Waals surface area contributed by atoms with Crippen molar-refractivity contribution in [2.45, 2.75) is 37.0 Å². The molecule has 0 saturated heterocycles. The lowest BCUT2D eigenvalue weighted by Crippen LogP contribution is -2.22. The van der Waals surface area contributed by atoms with Crippen LogP contribution in [0.1, 0.15) is 31.7 Å². The molecule has 0 saturated carbocycles. The van der Waals surface area contributed by atoms with Crippen LogP contribution in [0.2, 0.25) is 0 Å². The van der Waals surface area contributed by atoms with Crippen LogP contribution in [0.3, 0.4) is 0 Å². The summed E-state index contributed by atoms with van der Waals surface area (Å²) in [6, 6.07) is 5.64. The predicted octanol–water partition coefficient (Wildman–Crippen LogP) is 3.18. The first-order chi connectivity index (χ1) is 9.56. The van der Waals surface area contributed by atoms with Crippen molar-refractivity contribution < 1.29 is 4.79 Å². The molecule has 0 spiro atoms. The van der Waals surface area contributed by atoms with Gasteiger partial charge in [-0.3, -0.25) is 10.1 Å². The summed E-state index contributed by atoms with van der Waals surface area (Å²) < 4.78 is 0. The summed E-state index contributed by atoms with van der Waals surface area (Å²) in [5.41, 5.74) is 0. The summed E-state index contributed by atoms with van der Waals surface area (Å²) in [6.07, 6.45) is 1.71. The van der Waals surface area contributed by atoms with Crippen molar-refractivity contribution >= 4 is 34.1 Å². The van der Waals surface area contributed by atoms with Gasteiger partial charge in [-0.05, 0) is 19.1 Å². The van der Waals surface area contributed by atoms with Gasteiger partial charge in [0.25, 0.3) is 0 Å². The van der Waals surface area contributed by atoms with Crippen LogP contribution in [-0.4, -0.2) is 26.3 Å². The zero-order chi connectivity index (χ0) is 14.5.